The van der Waals surface area contributed by atoms with Crippen LogP contribution in [0.15, 0.2) is 42.9 Å². The number of carbonyl (C=O) groups is 1. The lowest BCUT2D eigenvalue weighted by molar-refractivity contribution is -0.122. The smallest absolute Gasteiger partial charge is 0.228 e. The van der Waals surface area contributed by atoms with Gasteiger partial charge in [0.05, 0.1) is 11.9 Å². The van der Waals surface area contributed by atoms with Crippen molar-refractivity contribution < 1.29 is 4.79 Å². The van der Waals surface area contributed by atoms with E-state index >= 15 is 0 Å². The van der Waals surface area contributed by atoms with Gasteiger partial charge in [-0.2, -0.15) is 0 Å². The second-order valence-electron chi connectivity index (χ2n) is 5.26. The van der Waals surface area contributed by atoms with Gasteiger partial charge in [0.25, 0.3) is 0 Å². The molecule has 2 aromatic rings. The Morgan fingerprint density at radius 2 is 2.00 bits per heavy atom. The second kappa shape index (κ2) is 6.35. The SMILES string of the molecule is O=C(Nc1ccc(NCc2ccncc2)cn1)C1CCC1. The van der Waals surface area contributed by atoms with E-state index in [9.17, 15) is 4.79 Å². The molecule has 0 aromatic carbocycles. The molecule has 2 N–H and O–H groups in total. The van der Waals surface area contributed by atoms with Gasteiger partial charge in [-0.3, -0.25) is 9.78 Å². The molecule has 1 amide bonds. The number of rotatable bonds is 5. The van der Waals surface area contributed by atoms with Crippen LogP contribution in [-0.2, 0) is 11.3 Å². The van der Waals surface area contributed by atoms with Gasteiger partial charge in [0.15, 0.2) is 0 Å². The van der Waals surface area contributed by atoms with Crippen LogP contribution in [0.25, 0.3) is 0 Å². The molecule has 3 rings (SSSR count). The topological polar surface area (TPSA) is 66.9 Å². The lowest BCUT2D eigenvalue weighted by atomic mass is 9.85. The lowest BCUT2D eigenvalue weighted by Crippen LogP contribution is -2.28. The molecule has 0 radical (unpaired) electrons. The third kappa shape index (κ3) is 3.56. The first-order chi connectivity index (χ1) is 10.3. The molecule has 1 aliphatic rings. The molecule has 108 valence electrons. The zero-order chi connectivity index (χ0) is 14.5. The van der Waals surface area contributed by atoms with Crippen molar-refractivity contribution in [1.82, 2.24) is 9.97 Å². The zero-order valence-corrected chi connectivity index (χ0v) is 11.7. The van der Waals surface area contributed by atoms with Crippen molar-refractivity contribution in [3.05, 3.63) is 48.4 Å². The van der Waals surface area contributed by atoms with Crippen LogP contribution in [0, 0.1) is 5.92 Å². The van der Waals surface area contributed by atoms with Gasteiger partial charge in [-0.1, -0.05) is 6.42 Å². The molecule has 2 heterocycles. The highest BCUT2D eigenvalue weighted by atomic mass is 16.2. The molecule has 5 heteroatoms. The molecule has 2 aromatic heterocycles. The van der Waals surface area contributed by atoms with Crippen LogP contribution in [0.5, 0.6) is 0 Å². The molecule has 0 aliphatic heterocycles. The number of nitrogens with one attached hydrogen (secondary N) is 2. The number of nitrogens with zero attached hydrogens (tertiary/aromatic N) is 2. The van der Waals surface area contributed by atoms with Crippen molar-refractivity contribution in [3.8, 4) is 0 Å². The maximum Gasteiger partial charge on any atom is 0.228 e. The van der Waals surface area contributed by atoms with E-state index in [1.807, 2.05) is 24.3 Å². The van der Waals surface area contributed by atoms with Gasteiger partial charge in [-0.05, 0) is 42.7 Å². The molecule has 1 saturated carbocycles. The molecular weight excluding hydrogens is 264 g/mol. The Kier molecular flexibility index (Phi) is 4.09. The van der Waals surface area contributed by atoms with Crippen molar-refractivity contribution in [2.75, 3.05) is 10.6 Å². The van der Waals surface area contributed by atoms with E-state index in [2.05, 4.69) is 20.6 Å². The summed E-state index contributed by atoms with van der Waals surface area (Å²) in [5.41, 5.74) is 2.08. The number of amides is 1. The Morgan fingerprint density at radius 3 is 2.62 bits per heavy atom. The predicted molar refractivity (Wildman–Crippen MR) is 81.8 cm³/mol. The standard InChI is InChI=1S/C16H18N4O/c21-16(13-2-1-3-13)20-15-5-4-14(11-19-15)18-10-12-6-8-17-9-7-12/h4-9,11,13,18H,1-3,10H2,(H,19,20,21). The Labute approximate surface area is 123 Å². The molecule has 0 bridgehead atoms. The maximum absolute atomic E-state index is 11.8. The van der Waals surface area contributed by atoms with Gasteiger partial charge < -0.3 is 10.6 Å². The minimum atomic E-state index is 0.0891. The van der Waals surface area contributed by atoms with Crippen molar-refractivity contribution >= 4 is 17.4 Å². The summed E-state index contributed by atoms with van der Waals surface area (Å²) in [6.45, 7) is 0.720. The summed E-state index contributed by atoms with van der Waals surface area (Å²) < 4.78 is 0. The Hall–Kier alpha value is -2.43. The highest BCUT2D eigenvalue weighted by Crippen LogP contribution is 2.27. The average Bonchev–Trinajstić information content (AvgIpc) is 2.46. The van der Waals surface area contributed by atoms with Crippen LogP contribution in [0.3, 0.4) is 0 Å². The fourth-order valence-corrected chi connectivity index (χ4v) is 2.18. The molecule has 5 nitrogen and oxygen atoms in total. The van der Waals surface area contributed by atoms with Crippen LogP contribution in [0.1, 0.15) is 24.8 Å². The molecule has 21 heavy (non-hydrogen) atoms. The summed E-state index contributed by atoms with van der Waals surface area (Å²) in [5.74, 6) is 0.879. The second-order valence-corrected chi connectivity index (χ2v) is 5.26. The third-order valence-electron chi connectivity index (χ3n) is 3.74. The van der Waals surface area contributed by atoms with Crippen molar-refractivity contribution in [1.29, 1.82) is 0 Å². The van der Waals surface area contributed by atoms with Gasteiger partial charge in [0, 0.05) is 24.9 Å². The van der Waals surface area contributed by atoms with Gasteiger partial charge in [0.1, 0.15) is 5.82 Å². The number of aromatic nitrogens is 2. The maximum atomic E-state index is 11.8. The molecular formula is C16H18N4O. The van der Waals surface area contributed by atoms with Gasteiger partial charge >= 0.3 is 0 Å². The van der Waals surface area contributed by atoms with Crippen molar-refractivity contribution in [2.24, 2.45) is 5.92 Å². The highest BCUT2D eigenvalue weighted by molar-refractivity contribution is 5.92. The van der Waals surface area contributed by atoms with Gasteiger partial charge in [-0.15, -0.1) is 0 Å². The number of hydrogen-bond donors (Lipinski definition) is 2. The fourth-order valence-electron chi connectivity index (χ4n) is 2.18. The molecule has 0 saturated heterocycles. The summed E-state index contributed by atoms with van der Waals surface area (Å²) in [5, 5.41) is 6.14. The summed E-state index contributed by atoms with van der Waals surface area (Å²) in [7, 11) is 0. The van der Waals surface area contributed by atoms with Crippen LogP contribution < -0.4 is 10.6 Å². The normalized spacial score (nSPS) is 14.3. The lowest BCUT2D eigenvalue weighted by Gasteiger charge is -2.23. The number of anilines is 2. The summed E-state index contributed by atoms with van der Waals surface area (Å²) in [6, 6.07) is 7.68. The average molecular weight is 282 g/mol. The quantitative estimate of drug-likeness (QED) is 0.885. The largest absolute Gasteiger partial charge is 0.380 e. The van der Waals surface area contributed by atoms with Crippen LogP contribution >= 0.6 is 0 Å². The van der Waals surface area contributed by atoms with E-state index in [0.717, 1.165) is 37.1 Å². The Bertz CT molecular complexity index is 593. The molecule has 0 atom stereocenters. The Balaban J connectivity index is 1.52. The number of hydrogen-bond acceptors (Lipinski definition) is 4. The minimum Gasteiger partial charge on any atom is -0.380 e. The Morgan fingerprint density at radius 1 is 1.19 bits per heavy atom. The molecule has 1 aliphatic carbocycles. The first kappa shape index (κ1) is 13.5. The van der Waals surface area contributed by atoms with Crippen LogP contribution in [-0.4, -0.2) is 15.9 Å². The van der Waals surface area contributed by atoms with Gasteiger partial charge in [0.2, 0.25) is 5.91 Å². The van der Waals surface area contributed by atoms with E-state index in [0.29, 0.717) is 5.82 Å². The zero-order valence-electron chi connectivity index (χ0n) is 11.7. The first-order valence-electron chi connectivity index (χ1n) is 7.21. The summed E-state index contributed by atoms with van der Waals surface area (Å²) in [6.07, 6.45) is 8.43. The number of carbonyl (C=O) groups excluding carboxylic acids is 1. The van der Waals surface area contributed by atoms with E-state index in [1.165, 1.54) is 0 Å². The van der Waals surface area contributed by atoms with Crippen molar-refractivity contribution in [2.45, 2.75) is 25.8 Å². The van der Waals surface area contributed by atoms with Crippen LogP contribution in [0.2, 0.25) is 0 Å². The van der Waals surface area contributed by atoms with E-state index in [1.54, 1.807) is 18.6 Å². The van der Waals surface area contributed by atoms with E-state index < -0.39 is 0 Å². The highest BCUT2D eigenvalue weighted by Gasteiger charge is 2.25. The fraction of sp³-hybridized carbons (Fsp3) is 0.312. The molecule has 0 spiro atoms. The van der Waals surface area contributed by atoms with Crippen molar-refractivity contribution in [3.63, 3.8) is 0 Å². The predicted octanol–water partition coefficient (Wildman–Crippen LogP) is 2.83. The van der Waals surface area contributed by atoms with Crippen LogP contribution in [0.4, 0.5) is 11.5 Å². The van der Waals surface area contributed by atoms with Gasteiger partial charge in [-0.25, -0.2) is 4.98 Å². The number of pyridine rings is 2. The first-order valence-corrected chi connectivity index (χ1v) is 7.21. The summed E-state index contributed by atoms with van der Waals surface area (Å²) >= 11 is 0. The van der Waals surface area contributed by atoms with E-state index in [-0.39, 0.29) is 11.8 Å². The summed E-state index contributed by atoms with van der Waals surface area (Å²) in [4.78, 5) is 20.1. The monoisotopic (exact) mass is 282 g/mol. The van der Waals surface area contributed by atoms with E-state index in [4.69, 9.17) is 0 Å². The minimum absolute atomic E-state index is 0.0891. The molecule has 0 unspecified atom stereocenters. The molecule has 1 fully saturated rings. The third-order valence-corrected chi connectivity index (χ3v) is 3.74.